The first-order valence-corrected chi connectivity index (χ1v) is 4.63. The third-order valence-corrected chi connectivity index (χ3v) is 2.27. The molecule has 12 heavy (non-hydrogen) atoms. The van der Waals surface area contributed by atoms with Crippen LogP contribution in [0.3, 0.4) is 0 Å². The van der Waals surface area contributed by atoms with E-state index in [0.717, 1.165) is 12.8 Å². The number of ether oxygens (including phenoxy) is 1. The van der Waals surface area contributed by atoms with Crippen molar-refractivity contribution in [1.29, 1.82) is 0 Å². The molecular formula is C8H9BrN2O. The zero-order chi connectivity index (χ0) is 8.55. The number of hydrogen-bond acceptors (Lipinski definition) is 3. The third-order valence-electron chi connectivity index (χ3n) is 1.70. The predicted molar refractivity (Wildman–Crippen MR) is 50.0 cm³/mol. The second kappa shape index (κ2) is 2.94. The van der Waals surface area contributed by atoms with Crippen LogP contribution in [0.1, 0.15) is 12.8 Å². The Balaban J connectivity index is 2.26. The molecule has 0 aliphatic heterocycles. The molecule has 1 aromatic rings. The second-order valence-electron chi connectivity index (χ2n) is 2.84. The fourth-order valence-electron chi connectivity index (χ4n) is 0.906. The highest BCUT2D eigenvalue weighted by atomic mass is 79.9. The number of nitrogens with zero attached hydrogens (tertiary/aromatic N) is 1. The molecule has 2 N–H and O–H groups in total. The number of nitrogen functional groups attached to an aromatic ring is 1. The molecule has 0 atom stereocenters. The molecule has 1 fully saturated rings. The Morgan fingerprint density at radius 3 is 2.92 bits per heavy atom. The maximum absolute atomic E-state index is 5.70. The van der Waals surface area contributed by atoms with Crippen LogP contribution in [-0.4, -0.2) is 11.1 Å². The fraction of sp³-hybridized carbons (Fsp3) is 0.375. The fourth-order valence-corrected chi connectivity index (χ4v) is 1.35. The van der Waals surface area contributed by atoms with Crippen LogP contribution in [0.5, 0.6) is 5.75 Å². The Bertz CT molecular complexity index is 279. The highest BCUT2D eigenvalue weighted by Gasteiger charge is 2.25. The van der Waals surface area contributed by atoms with Crippen molar-refractivity contribution in [2.45, 2.75) is 18.9 Å². The van der Waals surface area contributed by atoms with E-state index < -0.39 is 0 Å². The van der Waals surface area contributed by atoms with Gasteiger partial charge in [0.1, 0.15) is 4.60 Å². The van der Waals surface area contributed by atoms with Gasteiger partial charge in [-0.05, 0) is 34.8 Å². The Labute approximate surface area is 79.1 Å². The largest absolute Gasteiger partial charge is 0.485 e. The molecule has 2 rings (SSSR count). The first-order chi connectivity index (χ1) is 5.77. The average molecular weight is 229 g/mol. The van der Waals surface area contributed by atoms with Gasteiger partial charge in [-0.3, -0.25) is 0 Å². The maximum Gasteiger partial charge on any atom is 0.175 e. The summed E-state index contributed by atoms with van der Waals surface area (Å²) in [6, 6.07) is 1.74. The van der Waals surface area contributed by atoms with Crippen LogP contribution in [-0.2, 0) is 0 Å². The monoisotopic (exact) mass is 228 g/mol. The smallest absolute Gasteiger partial charge is 0.175 e. The topological polar surface area (TPSA) is 48.1 Å². The van der Waals surface area contributed by atoms with Crippen LogP contribution in [0.25, 0.3) is 0 Å². The van der Waals surface area contributed by atoms with Crippen molar-refractivity contribution < 1.29 is 4.74 Å². The van der Waals surface area contributed by atoms with E-state index in [9.17, 15) is 0 Å². The molecule has 0 spiro atoms. The van der Waals surface area contributed by atoms with Gasteiger partial charge in [0, 0.05) is 6.20 Å². The highest BCUT2D eigenvalue weighted by molar-refractivity contribution is 9.10. The minimum absolute atomic E-state index is 0.354. The minimum atomic E-state index is 0.354. The van der Waals surface area contributed by atoms with E-state index in [1.165, 1.54) is 0 Å². The van der Waals surface area contributed by atoms with E-state index in [4.69, 9.17) is 10.5 Å². The van der Waals surface area contributed by atoms with Crippen LogP contribution < -0.4 is 10.5 Å². The summed E-state index contributed by atoms with van der Waals surface area (Å²) in [6.45, 7) is 0. The molecule has 0 aromatic carbocycles. The first kappa shape index (κ1) is 7.86. The molecule has 0 unspecified atom stereocenters. The molecule has 0 saturated heterocycles. The van der Waals surface area contributed by atoms with Gasteiger partial charge in [-0.15, -0.1) is 0 Å². The second-order valence-corrected chi connectivity index (χ2v) is 3.59. The summed E-state index contributed by atoms with van der Waals surface area (Å²) in [7, 11) is 0. The quantitative estimate of drug-likeness (QED) is 0.788. The molecule has 1 aromatic heterocycles. The van der Waals surface area contributed by atoms with E-state index in [2.05, 4.69) is 20.9 Å². The van der Waals surface area contributed by atoms with E-state index in [1.54, 1.807) is 12.3 Å². The lowest BCUT2D eigenvalue weighted by atomic mass is 10.4. The lowest BCUT2D eigenvalue weighted by molar-refractivity contribution is 0.301. The van der Waals surface area contributed by atoms with Crippen LogP contribution in [0, 0.1) is 0 Å². The number of rotatable bonds is 2. The van der Waals surface area contributed by atoms with Crippen molar-refractivity contribution in [3.05, 3.63) is 16.9 Å². The third kappa shape index (κ3) is 1.53. The normalized spacial score (nSPS) is 16.1. The molecule has 0 radical (unpaired) electrons. The van der Waals surface area contributed by atoms with Crippen LogP contribution in [0.15, 0.2) is 16.9 Å². The molecule has 4 heteroatoms. The molecule has 1 saturated carbocycles. The molecule has 1 aliphatic rings. The van der Waals surface area contributed by atoms with Gasteiger partial charge in [0.25, 0.3) is 0 Å². The van der Waals surface area contributed by atoms with Gasteiger partial charge in [0.05, 0.1) is 11.8 Å². The maximum atomic E-state index is 5.70. The zero-order valence-corrected chi connectivity index (χ0v) is 8.04. The SMILES string of the molecule is Nc1ccnc(Br)c1OC1CC1. The van der Waals surface area contributed by atoms with Gasteiger partial charge in [-0.2, -0.15) is 0 Å². The summed E-state index contributed by atoms with van der Waals surface area (Å²) >= 11 is 3.29. The lowest BCUT2D eigenvalue weighted by Gasteiger charge is -2.07. The molecule has 0 amide bonds. The van der Waals surface area contributed by atoms with Gasteiger partial charge in [-0.1, -0.05) is 0 Å². The van der Waals surface area contributed by atoms with Crippen LogP contribution >= 0.6 is 15.9 Å². The summed E-state index contributed by atoms with van der Waals surface area (Å²) in [6.07, 6.45) is 4.26. The standard InChI is InChI=1S/C8H9BrN2O/c9-8-7(12-5-1-2-5)6(10)3-4-11-8/h3-5H,1-2H2,(H2,10,11). The Kier molecular flexibility index (Phi) is 1.92. The van der Waals surface area contributed by atoms with Crippen molar-refractivity contribution in [1.82, 2.24) is 4.98 Å². The van der Waals surface area contributed by atoms with Crippen molar-refractivity contribution in [2.75, 3.05) is 5.73 Å². The summed E-state index contributed by atoms with van der Waals surface area (Å²) < 4.78 is 6.24. The number of aromatic nitrogens is 1. The predicted octanol–water partition coefficient (Wildman–Crippen LogP) is 1.97. The van der Waals surface area contributed by atoms with E-state index >= 15 is 0 Å². The first-order valence-electron chi connectivity index (χ1n) is 3.84. The Hall–Kier alpha value is -0.770. The van der Waals surface area contributed by atoms with E-state index in [1.807, 2.05) is 0 Å². The number of nitrogens with two attached hydrogens (primary N) is 1. The average Bonchev–Trinajstić information content (AvgIpc) is 2.80. The van der Waals surface area contributed by atoms with Gasteiger partial charge in [0.15, 0.2) is 5.75 Å². The van der Waals surface area contributed by atoms with Crippen molar-refractivity contribution in [2.24, 2.45) is 0 Å². The molecule has 1 aliphatic carbocycles. The number of pyridine rings is 1. The van der Waals surface area contributed by atoms with Crippen LogP contribution in [0.4, 0.5) is 5.69 Å². The van der Waals surface area contributed by atoms with Gasteiger partial charge in [-0.25, -0.2) is 4.98 Å². The minimum Gasteiger partial charge on any atom is -0.485 e. The lowest BCUT2D eigenvalue weighted by Crippen LogP contribution is -2.01. The van der Waals surface area contributed by atoms with E-state index in [0.29, 0.717) is 22.1 Å². The molecule has 3 nitrogen and oxygen atoms in total. The van der Waals surface area contributed by atoms with Crippen LogP contribution in [0.2, 0.25) is 0 Å². The summed E-state index contributed by atoms with van der Waals surface area (Å²) in [5.41, 5.74) is 6.34. The molecular weight excluding hydrogens is 220 g/mol. The van der Waals surface area contributed by atoms with Crippen molar-refractivity contribution >= 4 is 21.6 Å². The van der Waals surface area contributed by atoms with Gasteiger partial charge in [0.2, 0.25) is 0 Å². The summed E-state index contributed by atoms with van der Waals surface area (Å²) in [5.74, 6) is 0.681. The summed E-state index contributed by atoms with van der Waals surface area (Å²) in [4.78, 5) is 4.03. The van der Waals surface area contributed by atoms with E-state index in [-0.39, 0.29) is 0 Å². The van der Waals surface area contributed by atoms with Crippen molar-refractivity contribution in [3.63, 3.8) is 0 Å². The molecule has 0 bridgehead atoms. The number of halogens is 1. The number of hydrogen-bond donors (Lipinski definition) is 1. The number of anilines is 1. The van der Waals surface area contributed by atoms with Gasteiger partial charge < -0.3 is 10.5 Å². The molecule has 1 heterocycles. The van der Waals surface area contributed by atoms with Crippen molar-refractivity contribution in [3.8, 4) is 5.75 Å². The summed E-state index contributed by atoms with van der Waals surface area (Å²) in [5, 5.41) is 0. The van der Waals surface area contributed by atoms with Gasteiger partial charge >= 0.3 is 0 Å². The zero-order valence-electron chi connectivity index (χ0n) is 6.46. The highest BCUT2D eigenvalue weighted by Crippen LogP contribution is 2.34. The Morgan fingerprint density at radius 1 is 1.58 bits per heavy atom. The Morgan fingerprint density at radius 2 is 2.33 bits per heavy atom. The molecule has 64 valence electrons.